The highest BCUT2D eigenvalue weighted by Crippen LogP contribution is 2.25. The summed E-state index contributed by atoms with van der Waals surface area (Å²) >= 11 is 6.35. The number of likely N-dealkylation sites (tertiary alicyclic amines) is 1. The van der Waals surface area contributed by atoms with Gasteiger partial charge in [-0.15, -0.1) is 12.4 Å². The molecule has 1 aromatic rings. The van der Waals surface area contributed by atoms with Gasteiger partial charge >= 0.3 is 0 Å². The SMILES string of the molecule is CCc1cccc(Cl)c1CN1CCC(CNC)C1.Cl. The molecule has 0 spiro atoms. The molecule has 0 saturated carbocycles. The van der Waals surface area contributed by atoms with E-state index in [4.69, 9.17) is 11.6 Å². The normalized spacial score (nSPS) is 19.4. The zero-order valence-corrected chi connectivity index (χ0v) is 13.4. The van der Waals surface area contributed by atoms with Crippen LogP contribution in [0.1, 0.15) is 24.5 Å². The van der Waals surface area contributed by atoms with Crippen molar-refractivity contribution in [2.75, 3.05) is 26.7 Å². The Bertz CT molecular complexity index is 396. The van der Waals surface area contributed by atoms with Gasteiger partial charge in [-0.1, -0.05) is 30.7 Å². The maximum atomic E-state index is 6.35. The smallest absolute Gasteiger partial charge is 0.0453 e. The van der Waals surface area contributed by atoms with E-state index in [9.17, 15) is 0 Å². The Labute approximate surface area is 127 Å². The summed E-state index contributed by atoms with van der Waals surface area (Å²) < 4.78 is 0. The van der Waals surface area contributed by atoms with Crippen LogP contribution in [0.15, 0.2) is 18.2 Å². The first-order valence-corrected chi connectivity index (χ1v) is 7.25. The fourth-order valence-corrected chi connectivity index (χ4v) is 3.10. The lowest BCUT2D eigenvalue weighted by atomic mass is 10.0. The number of nitrogens with one attached hydrogen (secondary N) is 1. The minimum absolute atomic E-state index is 0. The molecule has 19 heavy (non-hydrogen) atoms. The first-order chi connectivity index (χ1) is 8.74. The Morgan fingerprint density at radius 2 is 2.21 bits per heavy atom. The second-order valence-corrected chi connectivity index (χ2v) is 5.59. The molecule has 1 unspecified atom stereocenters. The average molecular weight is 303 g/mol. The Morgan fingerprint density at radius 1 is 1.42 bits per heavy atom. The maximum absolute atomic E-state index is 6.35. The van der Waals surface area contributed by atoms with Crippen LogP contribution >= 0.6 is 24.0 Å². The van der Waals surface area contributed by atoms with Gasteiger partial charge in [0.1, 0.15) is 0 Å². The van der Waals surface area contributed by atoms with Crippen molar-refractivity contribution in [1.29, 1.82) is 0 Å². The zero-order valence-electron chi connectivity index (χ0n) is 11.8. The molecule has 1 aliphatic rings. The summed E-state index contributed by atoms with van der Waals surface area (Å²) in [5.41, 5.74) is 2.71. The second-order valence-electron chi connectivity index (χ2n) is 5.18. The fourth-order valence-electron chi connectivity index (χ4n) is 2.85. The van der Waals surface area contributed by atoms with E-state index in [0.29, 0.717) is 0 Å². The number of nitrogens with zero attached hydrogens (tertiary/aromatic N) is 1. The van der Waals surface area contributed by atoms with Crippen LogP contribution in [-0.4, -0.2) is 31.6 Å². The van der Waals surface area contributed by atoms with Crippen LogP contribution in [0.5, 0.6) is 0 Å². The van der Waals surface area contributed by atoms with E-state index in [2.05, 4.69) is 29.3 Å². The first-order valence-electron chi connectivity index (χ1n) is 6.87. The quantitative estimate of drug-likeness (QED) is 0.897. The number of benzene rings is 1. The van der Waals surface area contributed by atoms with Gasteiger partial charge in [-0.2, -0.15) is 0 Å². The van der Waals surface area contributed by atoms with Crippen molar-refractivity contribution in [3.05, 3.63) is 34.3 Å². The molecule has 0 amide bonds. The summed E-state index contributed by atoms with van der Waals surface area (Å²) in [4.78, 5) is 2.53. The van der Waals surface area contributed by atoms with E-state index in [0.717, 1.165) is 30.5 Å². The Kier molecular flexibility index (Phi) is 7.16. The molecule has 1 N–H and O–H groups in total. The van der Waals surface area contributed by atoms with Crippen LogP contribution in [-0.2, 0) is 13.0 Å². The standard InChI is InChI=1S/C15H23ClN2.ClH/c1-3-13-5-4-6-15(16)14(13)11-18-8-7-12(10-18)9-17-2;/h4-6,12,17H,3,7-11H2,1-2H3;1H. The zero-order chi connectivity index (χ0) is 13.0. The van der Waals surface area contributed by atoms with Gasteiger partial charge in [-0.25, -0.2) is 0 Å². The van der Waals surface area contributed by atoms with Gasteiger partial charge < -0.3 is 5.32 Å². The molecule has 1 atom stereocenters. The van der Waals surface area contributed by atoms with Crippen molar-refractivity contribution in [1.82, 2.24) is 10.2 Å². The minimum Gasteiger partial charge on any atom is -0.319 e. The van der Waals surface area contributed by atoms with E-state index in [1.165, 1.54) is 30.6 Å². The van der Waals surface area contributed by atoms with Crippen molar-refractivity contribution >= 4 is 24.0 Å². The third-order valence-corrected chi connectivity index (χ3v) is 4.20. The molecule has 2 nitrogen and oxygen atoms in total. The molecule has 1 aromatic carbocycles. The topological polar surface area (TPSA) is 15.3 Å². The molecule has 4 heteroatoms. The van der Waals surface area contributed by atoms with Crippen molar-refractivity contribution in [3.8, 4) is 0 Å². The molecule has 0 aliphatic carbocycles. The van der Waals surface area contributed by atoms with Gasteiger partial charge in [0.15, 0.2) is 0 Å². The van der Waals surface area contributed by atoms with Gasteiger partial charge in [0.05, 0.1) is 0 Å². The third kappa shape index (κ3) is 4.35. The molecular weight excluding hydrogens is 279 g/mol. The Morgan fingerprint density at radius 3 is 2.89 bits per heavy atom. The molecular formula is C15H24Cl2N2. The van der Waals surface area contributed by atoms with Crippen LogP contribution in [0.25, 0.3) is 0 Å². The summed E-state index contributed by atoms with van der Waals surface area (Å²) in [6.07, 6.45) is 2.36. The summed E-state index contributed by atoms with van der Waals surface area (Å²) in [7, 11) is 2.03. The average Bonchev–Trinajstić information content (AvgIpc) is 2.80. The predicted molar refractivity (Wildman–Crippen MR) is 85.4 cm³/mol. The van der Waals surface area contributed by atoms with E-state index < -0.39 is 0 Å². The first kappa shape index (κ1) is 16.8. The van der Waals surface area contributed by atoms with Crippen LogP contribution in [0.3, 0.4) is 0 Å². The van der Waals surface area contributed by atoms with E-state index >= 15 is 0 Å². The largest absolute Gasteiger partial charge is 0.319 e. The molecule has 2 rings (SSSR count). The minimum atomic E-state index is 0. The molecule has 1 fully saturated rings. The van der Waals surface area contributed by atoms with Crippen LogP contribution in [0.2, 0.25) is 5.02 Å². The number of hydrogen-bond donors (Lipinski definition) is 1. The van der Waals surface area contributed by atoms with Gasteiger partial charge in [0.2, 0.25) is 0 Å². The Hall–Kier alpha value is -0.280. The Balaban J connectivity index is 0.00000180. The lowest BCUT2D eigenvalue weighted by molar-refractivity contribution is 0.314. The predicted octanol–water partition coefficient (Wildman–Crippen LogP) is 3.37. The number of rotatable bonds is 5. The molecule has 0 aromatic heterocycles. The van der Waals surface area contributed by atoms with Crippen LogP contribution in [0, 0.1) is 5.92 Å². The molecule has 0 radical (unpaired) electrons. The lowest BCUT2D eigenvalue weighted by Crippen LogP contribution is -2.24. The van der Waals surface area contributed by atoms with Gasteiger partial charge in [-0.05, 0) is 56.1 Å². The monoisotopic (exact) mass is 302 g/mol. The number of hydrogen-bond acceptors (Lipinski definition) is 2. The summed E-state index contributed by atoms with van der Waals surface area (Å²) in [6.45, 7) is 6.71. The summed E-state index contributed by atoms with van der Waals surface area (Å²) in [5, 5.41) is 4.20. The van der Waals surface area contributed by atoms with E-state index in [-0.39, 0.29) is 12.4 Å². The van der Waals surface area contributed by atoms with Crippen molar-refractivity contribution in [3.63, 3.8) is 0 Å². The molecule has 0 bridgehead atoms. The number of halogens is 2. The molecule has 1 heterocycles. The maximum Gasteiger partial charge on any atom is 0.0453 e. The van der Waals surface area contributed by atoms with Gasteiger partial charge in [0.25, 0.3) is 0 Å². The highest BCUT2D eigenvalue weighted by atomic mass is 35.5. The van der Waals surface area contributed by atoms with Crippen LogP contribution < -0.4 is 5.32 Å². The number of aryl methyl sites for hydroxylation is 1. The van der Waals surface area contributed by atoms with Crippen molar-refractivity contribution in [2.24, 2.45) is 5.92 Å². The van der Waals surface area contributed by atoms with Gasteiger partial charge in [-0.3, -0.25) is 4.90 Å². The molecule has 1 aliphatic heterocycles. The highest BCUT2D eigenvalue weighted by molar-refractivity contribution is 6.31. The van der Waals surface area contributed by atoms with Crippen molar-refractivity contribution in [2.45, 2.75) is 26.3 Å². The summed E-state index contributed by atoms with van der Waals surface area (Å²) in [5.74, 6) is 0.794. The van der Waals surface area contributed by atoms with E-state index in [1.807, 2.05) is 13.1 Å². The van der Waals surface area contributed by atoms with Crippen molar-refractivity contribution < 1.29 is 0 Å². The molecule has 1 saturated heterocycles. The lowest BCUT2D eigenvalue weighted by Gasteiger charge is -2.19. The fraction of sp³-hybridized carbons (Fsp3) is 0.600. The second kappa shape index (κ2) is 8.11. The van der Waals surface area contributed by atoms with Gasteiger partial charge in [0, 0.05) is 18.1 Å². The third-order valence-electron chi connectivity index (χ3n) is 3.84. The molecule has 108 valence electrons. The highest BCUT2D eigenvalue weighted by Gasteiger charge is 2.22. The van der Waals surface area contributed by atoms with E-state index in [1.54, 1.807) is 0 Å². The summed E-state index contributed by atoms with van der Waals surface area (Å²) in [6, 6.07) is 6.26. The van der Waals surface area contributed by atoms with Crippen LogP contribution in [0.4, 0.5) is 0 Å².